The van der Waals surface area contributed by atoms with Crippen LogP contribution in [-0.2, 0) is 6.54 Å². The highest BCUT2D eigenvalue weighted by atomic mass is 35.5. The molecule has 0 unspecified atom stereocenters. The number of hydrogen-bond acceptors (Lipinski definition) is 4. The molecule has 136 valence electrons. The first kappa shape index (κ1) is 17.2. The summed E-state index contributed by atoms with van der Waals surface area (Å²) in [5.41, 5.74) is 3.23. The smallest absolute Gasteiger partial charge is 0.161 e. The average Bonchev–Trinajstić information content (AvgIpc) is 3.27. The number of rotatable bonds is 5. The molecular weight excluding hydrogens is 350 g/mol. The molecule has 1 atom stereocenters. The van der Waals surface area contributed by atoms with Gasteiger partial charge in [0, 0.05) is 25.0 Å². The maximum Gasteiger partial charge on any atom is 0.161 e. The van der Waals surface area contributed by atoms with Gasteiger partial charge in [0.25, 0.3) is 0 Å². The van der Waals surface area contributed by atoms with Gasteiger partial charge in [-0.25, -0.2) is 4.98 Å². The number of halogens is 1. The molecule has 26 heavy (non-hydrogen) atoms. The Bertz CT molecular complexity index is 925. The van der Waals surface area contributed by atoms with Gasteiger partial charge in [-0.05, 0) is 49.2 Å². The van der Waals surface area contributed by atoms with E-state index in [1.165, 1.54) is 12.0 Å². The Balaban J connectivity index is 1.58. The molecule has 6 heteroatoms. The van der Waals surface area contributed by atoms with Crippen LogP contribution in [0.15, 0.2) is 42.7 Å². The second-order valence-electron chi connectivity index (χ2n) is 6.59. The number of nitrogens with zero attached hydrogens (tertiary/aromatic N) is 3. The topological polar surface area (TPSA) is 39.0 Å². The summed E-state index contributed by atoms with van der Waals surface area (Å²) in [7, 11) is 3.34. The van der Waals surface area contributed by atoms with Crippen molar-refractivity contribution in [2.75, 3.05) is 20.8 Å². The zero-order chi connectivity index (χ0) is 18.1. The van der Waals surface area contributed by atoms with Crippen LogP contribution in [0.5, 0.6) is 11.5 Å². The fourth-order valence-electron chi connectivity index (χ4n) is 3.75. The van der Waals surface area contributed by atoms with Gasteiger partial charge in [0.2, 0.25) is 0 Å². The molecule has 0 radical (unpaired) electrons. The predicted octanol–water partition coefficient (Wildman–Crippen LogP) is 4.34. The molecule has 0 amide bonds. The normalized spacial score (nSPS) is 17.7. The minimum absolute atomic E-state index is 0.364. The molecule has 1 aromatic carbocycles. The van der Waals surface area contributed by atoms with Gasteiger partial charge in [-0.3, -0.25) is 4.90 Å². The summed E-state index contributed by atoms with van der Waals surface area (Å²) < 4.78 is 12.8. The number of aromatic nitrogens is 2. The van der Waals surface area contributed by atoms with E-state index in [0.717, 1.165) is 42.4 Å². The number of ether oxygens (including phenoxy) is 2. The van der Waals surface area contributed by atoms with E-state index in [4.69, 9.17) is 26.1 Å². The molecule has 0 bridgehead atoms. The van der Waals surface area contributed by atoms with E-state index in [2.05, 4.69) is 23.2 Å². The van der Waals surface area contributed by atoms with Crippen molar-refractivity contribution < 1.29 is 9.47 Å². The first-order valence-electron chi connectivity index (χ1n) is 8.77. The van der Waals surface area contributed by atoms with Crippen LogP contribution >= 0.6 is 11.6 Å². The van der Waals surface area contributed by atoms with Gasteiger partial charge in [-0.2, -0.15) is 0 Å². The third-order valence-electron chi connectivity index (χ3n) is 4.99. The SMILES string of the molecule is COc1ccc([C@H]2CCCN2Cc2cn3cc(Cl)ccc3n2)cc1OC. The van der Waals surface area contributed by atoms with Crippen LogP contribution in [0.3, 0.4) is 0 Å². The Kier molecular flexibility index (Phi) is 4.74. The van der Waals surface area contributed by atoms with E-state index in [0.29, 0.717) is 11.1 Å². The van der Waals surface area contributed by atoms with Gasteiger partial charge < -0.3 is 13.9 Å². The van der Waals surface area contributed by atoms with Gasteiger partial charge in [-0.15, -0.1) is 0 Å². The zero-order valence-electron chi connectivity index (χ0n) is 15.0. The lowest BCUT2D eigenvalue weighted by atomic mass is 10.0. The number of pyridine rings is 1. The fourth-order valence-corrected chi connectivity index (χ4v) is 3.92. The van der Waals surface area contributed by atoms with Crippen molar-refractivity contribution in [1.82, 2.24) is 14.3 Å². The largest absolute Gasteiger partial charge is 0.493 e. The Hall–Kier alpha value is -2.24. The van der Waals surface area contributed by atoms with E-state index in [-0.39, 0.29) is 0 Å². The lowest BCUT2D eigenvalue weighted by molar-refractivity contribution is 0.245. The summed E-state index contributed by atoms with van der Waals surface area (Å²) in [5, 5.41) is 0.714. The summed E-state index contributed by atoms with van der Waals surface area (Å²) in [4.78, 5) is 7.20. The standard InChI is InChI=1S/C20H22ClN3O2/c1-25-18-7-5-14(10-19(18)26-2)17-4-3-9-23(17)12-16-13-24-11-15(21)6-8-20(24)22-16/h5-8,10-11,13,17H,3-4,9,12H2,1-2H3/t17-/m1/s1. The zero-order valence-corrected chi connectivity index (χ0v) is 15.7. The number of fused-ring (bicyclic) bond motifs is 1. The van der Waals surface area contributed by atoms with E-state index in [1.54, 1.807) is 14.2 Å². The van der Waals surface area contributed by atoms with Gasteiger partial charge in [0.05, 0.1) is 24.9 Å². The molecule has 1 aliphatic heterocycles. The van der Waals surface area contributed by atoms with Crippen molar-refractivity contribution >= 4 is 17.2 Å². The molecule has 1 saturated heterocycles. The molecule has 4 rings (SSSR count). The average molecular weight is 372 g/mol. The number of methoxy groups -OCH3 is 2. The second-order valence-corrected chi connectivity index (χ2v) is 7.02. The van der Waals surface area contributed by atoms with E-state index in [1.807, 2.05) is 28.8 Å². The van der Waals surface area contributed by atoms with Crippen LogP contribution in [0, 0.1) is 0 Å². The van der Waals surface area contributed by atoms with Crippen LogP contribution < -0.4 is 9.47 Å². The second kappa shape index (κ2) is 7.17. The molecule has 1 fully saturated rings. The highest BCUT2D eigenvalue weighted by Gasteiger charge is 2.27. The van der Waals surface area contributed by atoms with Crippen molar-refractivity contribution in [1.29, 1.82) is 0 Å². The van der Waals surface area contributed by atoms with Gasteiger partial charge in [-0.1, -0.05) is 17.7 Å². The molecule has 3 aromatic rings. The fraction of sp³-hybridized carbons (Fsp3) is 0.350. The van der Waals surface area contributed by atoms with E-state index in [9.17, 15) is 0 Å². The monoisotopic (exact) mass is 371 g/mol. The van der Waals surface area contributed by atoms with Gasteiger partial charge in [0.15, 0.2) is 11.5 Å². The summed E-state index contributed by atoms with van der Waals surface area (Å²) in [6.45, 7) is 1.88. The molecule has 0 spiro atoms. The lowest BCUT2D eigenvalue weighted by Crippen LogP contribution is -2.23. The molecule has 1 aliphatic rings. The number of imidazole rings is 1. The van der Waals surface area contributed by atoms with E-state index < -0.39 is 0 Å². The van der Waals surface area contributed by atoms with Crippen LogP contribution in [0.1, 0.15) is 30.1 Å². The van der Waals surface area contributed by atoms with Crippen LogP contribution in [-0.4, -0.2) is 35.0 Å². The Morgan fingerprint density at radius 2 is 1.96 bits per heavy atom. The summed E-state index contributed by atoms with van der Waals surface area (Å²) in [5.74, 6) is 1.54. The maximum atomic E-state index is 6.07. The minimum Gasteiger partial charge on any atom is -0.493 e. The van der Waals surface area contributed by atoms with Crippen molar-refractivity contribution in [2.24, 2.45) is 0 Å². The molecule has 3 heterocycles. The maximum absolute atomic E-state index is 6.07. The molecule has 2 aromatic heterocycles. The first-order valence-corrected chi connectivity index (χ1v) is 9.15. The summed E-state index contributed by atoms with van der Waals surface area (Å²) in [6.07, 6.45) is 6.27. The summed E-state index contributed by atoms with van der Waals surface area (Å²) >= 11 is 6.07. The third-order valence-corrected chi connectivity index (χ3v) is 5.21. The first-order chi connectivity index (χ1) is 12.7. The third kappa shape index (κ3) is 3.24. The number of benzene rings is 1. The van der Waals surface area contributed by atoms with Crippen molar-refractivity contribution in [2.45, 2.75) is 25.4 Å². The highest BCUT2D eigenvalue weighted by Crippen LogP contribution is 2.37. The van der Waals surface area contributed by atoms with Crippen LogP contribution in [0.25, 0.3) is 5.65 Å². The lowest BCUT2D eigenvalue weighted by Gasteiger charge is -2.24. The minimum atomic E-state index is 0.364. The van der Waals surface area contributed by atoms with Crippen molar-refractivity contribution in [3.05, 3.63) is 59.0 Å². The number of likely N-dealkylation sites (tertiary alicyclic amines) is 1. The van der Waals surface area contributed by atoms with E-state index >= 15 is 0 Å². The molecule has 5 nitrogen and oxygen atoms in total. The van der Waals surface area contributed by atoms with Crippen LogP contribution in [0.4, 0.5) is 0 Å². The van der Waals surface area contributed by atoms with Gasteiger partial charge in [0.1, 0.15) is 5.65 Å². The Morgan fingerprint density at radius 3 is 2.77 bits per heavy atom. The molecular formula is C20H22ClN3O2. The van der Waals surface area contributed by atoms with Crippen LogP contribution in [0.2, 0.25) is 5.02 Å². The highest BCUT2D eigenvalue weighted by molar-refractivity contribution is 6.30. The molecule has 0 aliphatic carbocycles. The molecule has 0 N–H and O–H groups in total. The van der Waals surface area contributed by atoms with Gasteiger partial charge >= 0.3 is 0 Å². The van der Waals surface area contributed by atoms with Crippen molar-refractivity contribution in [3.8, 4) is 11.5 Å². The Labute approximate surface area is 158 Å². The number of hydrogen-bond donors (Lipinski definition) is 0. The Morgan fingerprint density at radius 1 is 1.12 bits per heavy atom. The van der Waals surface area contributed by atoms with Crippen molar-refractivity contribution in [3.63, 3.8) is 0 Å². The summed E-state index contributed by atoms with van der Waals surface area (Å²) in [6, 6.07) is 10.4. The quantitative estimate of drug-likeness (QED) is 0.668. The predicted molar refractivity (Wildman–Crippen MR) is 102 cm³/mol. The molecule has 0 saturated carbocycles.